The molecule has 1 aromatic rings. The molecule has 0 fully saturated rings. The molecule has 0 aliphatic carbocycles. The molecule has 0 aliphatic heterocycles. The molecule has 0 spiro atoms. The van der Waals surface area contributed by atoms with Crippen molar-refractivity contribution in [2.24, 2.45) is 0 Å². The summed E-state index contributed by atoms with van der Waals surface area (Å²) in [6, 6.07) is 4.34. The Labute approximate surface area is 145 Å². The number of likely N-dealkylation sites (N-methyl/N-ethyl adjacent to an activating group) is 1. The van der Waals surface area contributed by atoms with Crippen LogP contribution < -0.4 is 5.32 Å². The van der Waals surface area contributed by atoms with E-state index in [9.17, 15) is 9.59 Å². The highest BCUT2D eigenvalue weighted by molar-refractivity contribution is 5.79. The minimum absolute atomic E-state index is 0.0661. The van der Waals surface area contributed by atoms with Crippen LogP contribution in [0.3, 0.4) is 0 Å². The summed E-state index contributed by atoms with van der Waals surface area (Å²) in [5.74, 6) is -0.360. The highest BCUT2D eigenvalue weighted by Gasteiger charge is 2.13. The second kappa shape index (κ2) is 10.1. The third kappa shape index (κ3) is 6.71. The number of esters is 1. The van der Waals surface area contributed by atoms with Crippen LogP contribution in [0, 0.1) is 20.8 Å². The molecule has 5 heteroatoms. The molecule has 0 bridgehead atoms. The number of benzene rings is 1. The van der Waals surface area contributed by atoms with Crippen molar-refractivity contribution in [1.82, 2.24) is 10.2 Å². The van der Waals surface area contributed by atoms with Gasteiger partial charge in [0, 0.05) is 6.54 Å². The molecule has 24 heavy (non-hydrogen) atoms. The topological polar surface area (TPSA) is 58.6 Å². The van der Waals surface area contributed by atoms with Crippen LogP contribution in [0.25, 0.3) is 0 Å². The summed E-state index contributed by atoms with van der Waals surface area (Å²) in [6.45, 7) is 11.9. The SMILES string of the molecule is CCOC(=O)CN(CC)CC(=O)NCCc1c(C)cc(C)cc1C. The number of hydrogen-bond donors (Lipinski definition) is 1. The van der Waals surface area contributed by atoms with Crippen molar-refractivity contribution in [3.63, 3.8) is 0 Å². The lowest BCUT2D eigenvalue weighted by atomic mass is 9.97. The smallest absolute Gasteiger partial charge is 0.320 e. The first kappa shape index (κ1) is 20.2. The molecule has 1 amide bonds. The van der Waals surface area contributed by atoms with Gasteiger partial charge in [-0.15, -0.1) is 0 Å². The molecule has 0 saturated carbocycles. The summed E-state index contributed by atoms with van der Waals surface area (Å²) < 4.78 is 4.92. The highest BCUT2D eigenvalue weighted by atomic mass is 16.5. The van der Waals surface area contributed by atoms with E-state index in [0.29, 0.717) is 19.7 Å². The van der Waals surface area contributed by atoms with Crippen molar-refractivity contribution >= 4 is 11.9 Å². The van der Waals surface area contributed by atoms with Crippen LogP contribution >= 0.6 is 0 Å². The highest BCUT2D eigenvalue weighted by Crippen LogP contribution is 2.16. The van der Waals surface area contributed by atoms with Crippen LogP contribution in [0.2, 0.25) is 0 Å². The van der Waals surface area contributed by atoms with Gasteiger partial charge in [-0.05, 0) is 57.4 Å². The van der Waals surface area contributed by atoms with E-state index in [-0.39, 0.29) is 25.0 Å². The van der Waals surface area contributed by atoms with Gasteiger partial charge in [0.15, 0.2) is 0 Å². The predicted octanol–water partition coefficient (Wildman–Crippen LogP) is 2.16. The zero-order valence-corrected chi connectivity index (χ0v) is 15.6. The molecule has 0 atom stereocenters. The van der Waals surface area contributed by atoms with E-state index < -0.39 is 0 Å². The monoisotopic (exact) mass is 334 g/mol. The van der Waals surface area contributed by atoms with E-state index in [0.717, 1.165) is 6.42 Å². The quantitative estimate of drug-likeness (QED) is 0.703. The lowest BCUT2D eigenvalue weighted by Gasteiger charge is -2.19. The van der Waals surface area contributed by atoms with Gasteiger partial charge in [0.2, 0.25) is 5.91 Å². The fourth-order valence-electron chi connectivity index (χ4n) is 2.86. The molecule has 0 aromatic heterocycles. The van der Waals surface area contributed by atoms with Crippen molar-refractivity contribution in [3.05, 3.63) is 34.4 Å². The van der Waals surface area contributed by atoms with Crippen LogP contribution in [0.5, 0.6) is 0 Å². The van der Waals surface area contributed by atoms with Crippen molar-refractivity contribution in [1.29, 1.82) is 0 Å². The molecule has 0 radical (unpaired) electrons. The van der Waals surface area contributed by atoms with Gasteiger partial charge in [0.1, 0.15) is 0 Å². The van der Waals surface area contributed by atoms with E-state index in [4.69, 9.17) is 4.74 Å². The Morgan fingerprint density at radius 2 is 1.71 bits per heavy atom. The molecule has 0 saturated heterocycles. The third-order valence-electron chi connectivity index (χ3n) is 4.01. The van der Waals surface area contributed by atoms with Crippen LogP contribution in [-0.2, 0) is 20.7 Å². The number of nitrogens with one attached hydrogen (secondary N) is 1. The Morgan fingerprint density at radius 1 is 1.08 bits per heavy atom. The normalized spacial score (nSPS) is 10.8. The van der Waals surface area contributed by atoms with Crippen LogP contribution in [0.1, 0.15) is 36.1 Å². The maximum absolute atomic E-state index is 12.1. The Kier molecular flexibility index (Phi) is 8.47. The number of carbonyl (C=O) groups is 2. The summed E-state index contributed by atoms with van der Waals surface area (Å²) in [5, 5.41) is 2.94. The number of aryl methyl sites for hydroxylation is 3. The van der Waals surface area contributed by atoms with Crippen LogP contribution in [0.4, 0.5) is 0 Å². The molecule has 0 aliphatic rings. The van der Waals surface area contributed by atoms with Crippen LogP contribution in [0.15, 0.2) is 12.1 Å². The summed E-state index contributed by atoms with van der Waals surface area (Å²) in [6.07, 6.45) is 0.813. The van der Waals surface area contributed by atoms with Gasteiger partial charge in [-0.25, -0.2) is 0 Å². The molecule has 1 N–H and O–H groups in total. The summed E-state index contributed by atoms with van der Waals surface area (Å²) in [5.41, 5.74) is 5.08. The van der Waals surface area contributed by atoms with Gasteiger partial charge < -0.3 is 10.1 Å². The Hall–Kier alpha value is -1.88. The van der Waals surface area contributed by atoms with Gasteiger partial charge in [-0.3, -0.25) is 14.5 Å². The molecule has 5 nitrogen and oxygen atoms in total. The van der Waals surface area contributed by atoms with Gasteiger partial charge in [-0.2, -0.15) is 0 Å². The minimum Gasteiger partial charge on any atom is -0.465 e. The molecular weight excluding hydrogens is 304 g/mol. The molecule has 0 unspecified atom stereocenters. The van der Waals surface area contributed by atoms with E-state index in [1.54, 1.807) is 11.8 Å². The van der Waals surface area contributed by atoms with E-state index in [2.05, 4.69) is 38.2 Å². The largest absolute Gasteiger partial charge is 0.465 e. The second-order valence-electron chi connectivity index (χ2n) is 6.09. The minimum atomic E-state index is -0.293. The number of amides is 1. The van der Waals surface area contributed by atoms with Gasteiger partial charge in [0.25, 0.3) is 0 Å². The van der Waals surface area contributed by atoms with Crippen molar-refractivity contribution < 1.29 is 14.3 Å². The molecule has 1 aromatic carbocycles. The summed E-state index contributed by atoms with van der Waals surface area (Å²) in [4.78, 5) is 25.3. The van der Waals surface area contributed by atoms with Crippen molar-refractivity contribution in [2.75, 3.05) is 32.8 Å². The molecule has 0 heterocycles. The van der Waals surface area contributed by atoms with E-state index in [1.807, 2.05) is 6.92 Å². The number of carbonyl (C=O) groups excluding carboxylic acids is 2. The summed E-state index contributed by atoms with van der Waals surface area (Å²) >= 11 is 0. The fourth-order valence-corrected chi connectivity index (χ4v) is 2.86. The van der Waals surface area contributed by atoms with Gasteiger partial charge in [-0.1, -0.05) is 24.6 Å². The molecular formula is C19H30N2O3. The average Bonchev–Trinajstić information content (AvgIpc) is 2.49. The standard InChI is InChI=1S/C19H30N2O3/c1-6-21(13-19(23)24-7-2)12-18(22)20-9-8-17-15(4)10-14(3)11-16(17)5/h10-11H,6-9,12-13H2,1-5H3,(H,20,22). The zero-order chi connectivity index (χ0) is 18.1. The predicted molar refractivity (Wildman–Crippen MR) is 96.1 cm³/mol. The zero-order valence-electron chi connectivity index (χ0n) is 15.6. The Morgan fingerprint density at radius 3 is 2.25 bits per heavy atom. The lowest BCUT2D eigenvalue weighted by molar-refractivity contribution is -0.144. The average molecular weight is 334 g/mol. The maximum Gasteiger partial charge on any atom is 0.320 e. The number of nitrogens with zero attached hydrogens (tertiary/aromatic N) is 1. The van der Waals surface area contributed by atoms with Crippen molar-refractivity contribution in [3.8, 4) is 0 Å². The number of rotatable bonds is 9. The molecule has 1 rings (SSSR count). The first-order valence-corrected chi connectivity index (χ1v) is 8.58. The maximum atomic E-state index is 12.1. The summed E-state index contributed by atoms with van der Waals surface area (Å²) in [7, 11) is 0. The van der Waals surface area contributed by atoms with Crippen LogP contribution in [-0.4, -0.2) is 49.6 Å². The first-order valence-electron chi connectivity index (χ1n) is 8.58. The third-order valence-corrected chi connectivity index (χ3v) is 4.01. The first-order chi connectivity index (χ1) is 11.4. The Bertz CT molecular complexity index is 547. The fraction of sp³-hybridized carbons (Fsp3) is 0.579. The van der Waals surface area contributed by atoms with Gasteiger partial charge >= 0.3 is 5.97 Å². The Balaban J connectivity index is 2.44. The second-order valence-corrected chi connectivity index (χ2v) is 6.09. The van der Waals surface area contributed by atoms with E-state index in [1.165, 1.54) is 22.3 Å². The van der Waals surface area contributed by atoms with E-state index >= 15 is 0 Å². The van der Waals surface area contributed by atoms with Gasteiger partial charge in [0.05, 0.1) is 19.7 Å². The molecule has 134 valence electrons. The number of hydrogen-bond acceptors (Lipinski definition) is 4. The van der Waals surface area contributed by atoms with Crippen molar-refractivity contribution in [2.45, 2.75) is 41.0 Å². The number of ether oxygens (including phenoxy) is 1. The lowest BCUT2D eigenvalue weighted by Crippen LogP contribution is -2.40.